The molecule has 2 rings (SSSR count). The Kier molecular flexibility index (Phi) is 8.60. The van der Waals surface area contributed by atoms with Gasteiger partial charge in [0.2, 0.25) is 0 Å². The first-order valence-corrected chi connectivity index (χ1v) is 10.7. The summed E-state index contributed by atoms with van der Waals surface area (Å²) in [5, 5.41) is 3.41. The molecule has 0 unspecified atom stereocenters. The largest absolute Gasteiger partial charge is 0.493 e. The van der Waals surface area contributed by atoms with Gasteiger partial charge in [-0.3, -0.25) is 0 Å². The highest BCUT2D eigenvalue weighted by Crippen LogP contribution is 2.37. The van der Waals surface area contributed by atoms with Crippen LogP contribution < -0.4 is 9.47 Å². The summed E-state index contributed by atoms with van der Waals surface area (Å²) in [4.78, 5) is 0. The third-order valence-electron chi connectivity index (χ3n) is 4.26. The van der Waals surface area contributed by atoms with E-state index in [0.29, 0.717) is 5.92 Å². The zero-order valence-electron chi connectivity index (χ0n) is 15.8. The van der Waals surface area contributed by atoms with E-state index in [9.17, 15) is 0 Å². The first-order chi connectivity index (χ1) is 12.2. The number of alkyl halides is 1. The molecule has 0 radical (unpaired) electrons. The molecule has 0 saturated heterocycles. The van der Waals surface area contributed by atoms with Crippen LogP contribution in [0, 0.1) is 5.92 Å². The average molecular weight is 407 g/mol. The Balaban J connectivity index is 2.18. The van der Waals surface area contributed by atoms with Crippen molar-refractivity contribution in [3.63, 3.8) is 0 Å². The Morgan fingerprint density at radius 3 is 2.36 bits per heavy atom. The number of unbranched alkanes of at least 4 members (excludes halogenated alkanes) is 3. The SMILES string of the molecule is CCc1cc(OCCCCCCBr)c2ccccc2c1OCC(C)C. The van der Waals surface area contributed by atoms with E-state index in [4.69, 9.17) is 9.47 Å². The molecule has 2 nitrogen and oxygen atoms in total. The van der Waals surface area contributed by atoms with Gasteiger partial charge in [-0.25, -0.2) is 0 Å². The highest BCUT2D eigenvalue weighted by atomic mass is 79.9. The van der Waals surface area contributed by atoms with Crippen molar-refractivity contribution in [3.8, 4) is 11.5 Å². The molecule has 0 heterocycles. The van der Waals surface area contributed by atoms with E-state index in [2.05, 4.69) is 67.0 Å². The zero-order chi connectivity index (χ0) is 18.1. The number of fused-ring (bicyclic) bond motifs is 1. The molecule has 0 amide bonds. The maximum absolute atomic E-state index is 6.17. The summed E-state index contributed by atoms with van der Waals surface area (Å²) >= 11 is 3.48. The molecular weight excluding hydrogens is 376 g/mol. The second kappa shape index (κ2) is 10.7. The molecule has 0 aliphatic heterocycles. The van der Waals surface area contributed by atoms with Crippen LogP contribution in [0.4, 0.5) is 0 Å². The summed E-state index contributed by atoms with van der Waals surface area (Å²) in [5.41, 5.74) is 1.23. The van der Waals surface area contributed by atoms with Crippen molar-refractivity contribution in [2.45, 2.75) is 52.9 Å². The van der Waals surface area contributed by atoms with Crippen molar-refractivity contribution < 1.29 is 9.47 Å². The van der Waals surface area contributed by atoms with Gasteiger partial charge in [0.15, 0.2) is 0 Å². The van der Waals surface area contributed by atoms with Crippen LogP contribution >= 0.6 is 15.9 Å². The number of halogens is 1. The number of hydrogen-bond donors (Lipinski definition) is 0. The number of rotatable bonds is 11. The molecule has 2 aromatic carbocycles. The van der Waals surface area contributed by atoms with E-state index in [1.165, 1.54) is 24.8 Å². The van der Waals surface area contributed by atoms with Gasteiger partial charge in [0.05, 0.1) is 13.2 Å². The second-order valence-corrected chi connectivity index (χ2v) is 7.71. The fraction of sp³-hybridized carbons (Fsp3) is 0.545. The molecule has 138 valence electrons. The van der Waals surface area contributed by atoms with Gasteiger partial charge in [0, 0.05) is 16.1 Å². The Labute approximate surface area is 161 Å². The van der Waals surface area contributed by atoms with Gasteiger partial charge >= 0.3 is 0 Å². The van der Waals surface area contributed by atoms with Crippen molar-refractivity contribution in [1.82, 2.24) is 0 Å². The lowest BCUT2D eigenvalue weighted by Gasteiger charge is -2.18. The fourth-order valence-corrected chi connectivity index (χ4v) is 3.30. The van der Waals surface area contributed by atoms with Crippen molar-refractivity contribution in [2.24, 2.45) is 5.92 Å². The average Bonchev–Trinajstić information content (AvgIpc) is 2.62. The molecule has 25 heavy (non-hydrogen) atoms. The maximum atomic E-state index is 6.17. The summed E-state index contributed by atoms with van der Waals surface area (Å²) < 4.78 is 12.3. The topological polar surface area (TPSA) is 18.5 Å². The van der Waals surface area contributed by atoms with E-state index in [1.54, 1.807) is 0 Å². The minimum Gasteiger partial charge on any atom is -0.493 e. The van der Waals surface area contributed by atoms with E-state index in [1.807, 2.05) is 0 Å². The quantitative estimate of drug-likeness (QED) is 0.302. The number of benzene rings is 2. The molecule has 0 fully saturated rings. The highest BCUT2D eigenvalue weighted by Gasteiger charge is 2.13. The summed E-state index contributed by atoms with van der Waals surface area (Å²) in [6.07, 6.45) is 5.77. The lowest BCUT2D eigenvalue weighted by Crippen LogP contribution is -2.07. The smallest absolute Gasteiger partial charge is 0.130 e. The van der Waals surface area contributed by atoms with Crippen LogP contribution in [0.1, 0.15) is 52.0 Å². The minimum absolute atomic E-state index is 0.513. The third kappa shape index (κ3) is 5.91. The molecule has 0 atom stereocenters. The van der Waals surface area contributed by atoms with E-state index in [0.717, 1.165) is 53.7 Å². The maximum Gasteiger partial charge on any atom is 0.130 e. The number of hydrogen-bond acceptors (Lipinski definition) is 2. The van der Waals surface area contributed by atoms with E-state index < -0.39 is 0 Å². The predicted molar refractivity (Wildman–Crippen MR) is 111 cm³/mol. The second-order valence-electron chi connectivity index (χ2n) is 6.92. The summed E-state index contributed by atoms with van der Waals surface area (Å²) in [5.74, 6) is 2.53. The molecule has 0 aliphatic rings. The molecular formula is C22H31BrO2. The minimum atomic E-state index is 0.513. The van der Waals surface area contributed by atoms with Crippen LogP contribution in [0.5, 0.6) is 11.5 Å². The van der Waals surface area contributed by atoms with E-state index >= 15 is 0 Å². The van der Waals surface area contributed by atoms with Gasteiger partial charge in [-0.2, -0.15) is 0 Å². The molecule has 0 aliphatic carbocycles. The summed E-state index contributed by atoms with van der Waals surface area (Å²) in [7, 11) is 0. The Morgan fingerprint density at radius 2 is 1.68 bits per heavy atom. The van der Waals surface area contributed by atoms with Crippen molar-refractivity contribution in [3.05, 3.63) is 35.9 Å². The molecule has 0 spiro atoms. The lowest BCUT2D eigenvalue weighted by molar-refractivity contribution is 0.270. The van der Waals surface area contributed by atoms with Crippen molar-refractivity contribution in [1.29, 1.82) is 0 Å². The van der Waals surface area contributed by atoms with Crippen LogP contribution in [0.25, 0.3) is 10.8 Å². The van der Waals surface area contributed by atoms with Crippen molar-refractivity contribution >= 4 is 26.7 Å². The van der Waals surface area contributed by atoms with Crippen LogP contribution in [0.2, 0.25) is 0 Å². The molecule has 0 aromatic heterocycles. The monoisotopic (exact) mass is 406 g/mol. The molecule has 2 aromatic rings. The predicted octanol–water partition coefficient (Wildman–Crippen LogP) is 6.77. The summed E-state index contributed by atoms with van der Waals surface area (Å²) in [6, 6.07) is 10.6. The van der Waals surface area contributed by atoms with E-state index in [-0.39, 0.29) is 0 Å². The first-order valence-electron chi connectivity index (χ1n) is 9.53. The molecule has 0 N–H and O–H groups in total. The number of ether oxygens (including phenoxy) is 2. The lowest BCUT2D eigenvalue weighted by atomic mass is 10.0. The van der Waals surface area contributed by atoms with Gasteiger partial charge in [-0.05, 0) is 36.8 Å². The van der Waals surface area contributed by atoms with Gasteiger partial charge in [0.1, 0.15) is 11.5 Å². The zero-order valence-corrected chi connectivity index (χ0v) is 17.4. The standard InChI is InChI=1S/C22H31BrO2/c1-4-18-15-21(24-14-10-6-5-9-13-23)19-11-7-8-12-20(19)22(18)25-16-17(2)3/h7-8,11-12,15,17H,4-6,9-10,13-14,16H2,1-3H3. The van der Waals surface area contributed by atoms with Gasteiger partial charge in [-0.1, -0.05) is 73.8 Å². The fourth-order valence-electron chi connectivity index (χ4n) is 2.91. The van der Waals surface area contributed by atoms with Gasteiger partial charge in [0.25, 0.3) is 0 Å². The highest BCUT2D eigenvalue weighted by molar-refractivity contribution is 9.09. The van der Waals surface area contributed by atoms with Crippen molar-refractivity contribution in [2.75, 3.05) is 18.5 Å². The Bertz CT molecular complexity index is 652. The van der Waals surface area contributed by atoms with Crippen LogP contribution in [0.15, 0.2) is 30.3 Å². The molecule has 0 bridgehead atoms. The van der Waals surface area contributed by atoms with Gasteiger partial charge in [-0.15, -0.1) is 0 Å². The normalized spacial score (nSPS) is 11.2. The first kappa shape index (κ1) is 20.1. The van der Waals surface area contributed by atoms with Crippen LogP contribution in [-0.4, -0.2) is 18.5 Å². The Hall–Kier alpha value is -1.22. The van der Waals surface area contributed by atoms with Crippen LogP contribution in [0.3, 0.4) is 0 Å². The molecule has 3 heteroatoms. The van der Waals surface area contributed by atoms with Gasteiger partial charge < -0.3 is 9.47 Å². The van der Waals surface area contributed by atoms with Crippen LogP contribution in [-0.2, 0) is 6.42 Å². The number of aryl methyl sites for hydroxylation is 1. The Morgan fingerprint density at radius 1 is 0.960 bits per heavy atom. The third-order valence-corrected chi connectivity index (χ3v) is 4.82. The summed E-state index contributed by atoms with van der Waals surface area (Å²) in [6.45, 7) is 8.06. The molecule has 0 saturated carbocycles.